The molecule has 1 aliphatic heterocycles. The first-order valence-electron chi connectivity index (χ1n) is 4.73. The molecule has 2 heterocycles. The molecule has 6 heteroatoms. The topological polar surface area (TPSA) is 70.5 Å². The largest absolute Gasteiger partial charge is 0.480 e. The molecule has 1 atom stereocenters. The molecule has 2 rings (SSSR count). The number of aromatic nitrogens is 1. The second kappa shape index (κ2) is 4.09. The summed E-state index contributed by atoms with van der Waals surface area (Å²) in [6.07, 6.45) is 4.02. The van der Waals surface area contributed by atoms with Crippen molar-refractivity contribution in [1.82, 2.24) is 4.98 Å². The molecule has 0 radical (unpaired) electrons. The van der Waals surface area contributed by atoms with Gasteiger partial charge in [0, 0.05) is 12.7 Å². The van der Waals surface area contributed by atoms with Crippen molar-refractivity contribution in [2.24, 2.45) is 0 Å². The van der Waals surface area contributed by atoms with Gasteiger partial charge in [0.05, 0.1) is 22.5 Å². The SMILES string of the molecule is O=Cc1c(Cl)cncc1N1CCC1C(=O)O. The summed E-state index contributed by atoms with van der Waals surface area (Å²) >= 11 is 5.81. The molecule has 1 aromatic rings. The Morgan fingerprint density at radius 2 is 2.38 bits per heavy atom. The number of aldehydes is 1. The van der Waals surface area contributed by atoms with Gasteiger partial charge in [-0.25, -0.2) is 4.79 Å². The number of aliphatic carboxylic acids is 1. The first-order chi connectivity index (χ1) is 7.65. The molecule has 0 saturated carbocycles. The number of rotatable bonds is 3. The van der Waals surface area contributed by atoms with E-state index in [4.69, 9.17) is 16.7 Å². The van der Waals surface area contributed by atoms with E-state index in [1.54, 1.807) is 4.90 Å². The minimum absolute atomic E-state index is 0.239. The van der Waals surface area contributed by atoms with Crippen LogP contribution in [0.1, 0.15) is 16.8 Å². The van der Waals surface area contributed by atoms with Gasteiger partial charge in [-0.2, -0.15) is 0 Å². The number of carboxylic acids is 1. The van der Waals surface area contributed by atoms with Crippen molar-refractivity contribution in [1.29, 1.82) is 0 Å². The Kier molecular flexibility index (Phi) is 2.78. The third-order valence-electron chi connectivity index (χ3n) is 2.65. The van der Waals surface area contributed by atoms with Crippen molar-refractivity contribution in [3.63, 3.8) is 0 Å². The number of hydrogen-bond donors (Lipinski definition) is 1. The Morgan fingerprint density at radius 3 is 2.88 bits per heavy atom. The van der Waals surface area contributed by atoms with Crippen LogP contribution in [0.5, 0.6) is 0 Å². The van der Waals surface area contributed by atoms with Gasteiger partial charge in [-0.3, -0.25) is 9.78 Å². The van der Waals surface area contributed by atoms with Gasteiger partial charge in [0.25, 0.3) is 0 Å². The predicted octanol–water partition coefficient (Wildman–Crippen LogP) is 1.21. The molecule has 1 saturated heterocycles. The molecule has 1 fully saturated rings. The summed E-state index contributed by atoms with van der Waals surface area (Å²) in [7, 11) is 0. The van der Waals surface area contributed by atoms with Crippen molar-refractivity contribution in [3.8, 4) is 0 Å². The number of carbonyl (C=O) groups is 2. The number of pyridine rings is 1. The summed E-state index contributed by atoms with van der Waals surface area (Å²) in [6.45, 7) is 0.597. The Balaban J connectivity index is 2.37. The summed E-state index contributed by atoms with van der Waals surface area (Å²) in [5.74, 6) is -0.900. The second-order valence-electron chi connectivity index (χ2n) is 3.51. The standard InChI is InChI=1S/C10H9ClN2O3/c11-7-3-12-4-9(6(7)5-14)13-2-1-8(13)10(15)16/h3-5,8H,1-2H2,(H,15,16). The Morgan fingerprint density at radius 1 is 1.62 bits per heavy atom. The van der Waals surface area contributed by atoms with Gasteiger partial charge in [0.2, 0.25) is 0 Å². The van der Waals surface area contributed by atoms with E-state index < -0.39 is 12.0 Å². The molecule has 1 unspecified atom stereocenters. The average molecular weight is 241 g/mol. The lowest BCUT2D eigenvalue weighted by molar-refractivity contribution is -0.139. The van der Waals surface area contributed by atoms with Gasteiger partial charge in [-0.1, -0.05) is 11.6 Å². The predicted molar refractivity (Wildman–Crippen MR) is 58.0 cm³/mol. The van der Waals surface area contributed by atoms with E-state index >= 15 is 0 Å². The smallest absolute Gasteiger partial charge is 0.326 e. The minimum atomic E-state index is -0.900. The van der Waals surface area contributed by atoms with Crippen molar-refractivity contribution >= 4 is 29.5 Å². The van der Waals surface area contributed by atoms with Crippen LogP contribution < -0.4 is 4.90 Å². The van der Waals surface area contributed by atoms with Crippen LogP contribution in [0.15, 0.2) is 12.4 Å². The molecular weight excluding hydrogens is 232 g/mol. The van der Waals surface area contributed by atoms with E-state index in [0.717, 1.165) is 0 Å². The van der Waals surface area contributed by atoms with Crippen LogP contribution in [0.25, 0.3) is 0 Å². The van der Waals surface area contributed by atoms with Crippen LogP contribution in [-0.2, 0) is 4.79 Å². The fourth-order valence-electron chi connectivity index (χ4n) is 1.71. The Hall–Kier alpha value is -1.62. The molecule has 16 heavy (non-hydrogen) atoms. The van der Waals surface area contributed by atoms with Crippen molar-refractivity contribution in [3.05, 3.63) is 23.0 Å². The normalized spacial score (nSPS) is 19.1. The highest BCUT2D eigenvalue weighted by Gasteiger charge is 2.35. The molecular formula is C10H9ClN2O3. The molecule has 0 amide bonds. The number of hydrogen-bond acceptors (Lipinski definition) is 4. The monoisotopic (exact) mass is 240 g/mol. The van der Waals surface area contributed by atoms with E-state index in [2.05, 4.69) is 4.98 Å². The molecule has 0 bridgehead atoms. The minimum Gasteiger partial charge on any atom is -0.480 e. The first-order valence-corrected chi connectivity index (χ1v) is 5.11. The number of nitrogens with zero attached hydrogens (tertiary/aromatic N) is 2. The van der Waals surface area contributed by atoms with Crippen molar-refractivity contribution in [2.45, 2.75) is 12.5 Å². The highest BCUT2D eigenvalue weighted by molar-refractivity contribution is 6.33. The van der Waals surface area contributed by atoms with E-state index in [0.29, 0.717) is 30.5 Å². The molecule has 0 aromatic carbocycles. The number of halogens is 1. The van der Waals surface area contributed by atoms with Gasteiger partial charge in [0.15, 0.2) is 6.29 Å². The Bertz CT molecular complexity index is 450. The highest BCUT2D eigenvalue weighted by Crippen LogP contribution is 2.31. The van der Waals surface area contributed by atoms with Gasteiger partial charge in [-0.15, -0.1) is 0 Å². The molecule has 1 N–H and O–H groups in total. The van der Waals surface area contributed by atoms with Gasteiger partial charge in [-0.05, 0) is 6.42 Å². The first kappa shape index (κ1) is 10.9. The van der Waals surface area contributed by atoms with Crippen LogP contribution in [-0.4, -0.2) is 34.9 Å². The fourth-order valence-corrected chi connectivity index (χ4v) is 1.91. The van der Waals surface area contributed by atoms with Crippen LogP contribution in [0.3, 0.4) is 0 Å². The zero-order valence-electron chi connectivity index (χ0n) is 8.26. The lowest BCUT2D eigenvalue weighted by atomic mass is 10.0. The third-order valence-corrected chi connectivity index (χ3v) is 2.95. The van der Waals surface area contributed by atoms with E-state index in [9.17, 15) is 9.59 Å². The summed E-state index contributed by atoms with van der Waals surface area (Å²) in [5, 5.41) is 9.15. The maximum Gasteiger partial charge on any atom is 0.326 e. The highest BCUT2D eigenvalue weighted by atomic mass is 35.5. The summed E-state index contributed by atoms with van der Waals surface area (Å²) in [6, 6.07) is -0.584. The van der Waals surface area contributed by atoms with Crippen LogP contribution in [0.2, 0.25) is 5.02 Å². The Labute approximate surface area is 96.7 Å². The molecule has 5 nitrogen and oxygen atoms in total. The van der Waals surface area contributed by atoms with Gasteiger partial charge >= 0.3 is 5.97 Å². The lowest BCUT2D eigenvalue weighted by Crippen LogP contribution is -2.53. The molecule has 1 aliphatic rings. The number of carbonyl (C=O) groups excluding carboxylic acids is 1. The summed E-state index contributed by atoms with van der Waals surface area (Å²) < 4.78 is 0. The van der Waals surface area contributed by atoms with Gasteiger partial charge < -0.3 is 10.0 Å². The van der Waals surface area contributed by atoms with E-state index in [-0.39, 0.29) is 5.02 Å². The third kappa shape index (κ3) is 1.63. The molecule has 0 aliphatic carbocycles. The quantitative estimate of drug-likeness (QED) is 0.805. The van der Waals surface area contributed by atoms with Crippen molar-refractivity contribution in [2.75, 3.05) is 11.4 Å². The average Bonchev–Trinajstić information content (AvgIpc) is 2.15. The molecule has 84 valence electrons. The van der Waals surface area contributed by atoms with Crippen molar-refractivity contribution < 1.29 is 14.7 Å². The summed E-state index contributed by atoms with van der Waals surface area (Å²) in [4.78, 5) is 27.2. The lowest BCUT2D eigenvalue weighted by Gasteiger charge is -2.40. The number of carboxylic acid groups (broad SMARTS) is 1. The van der Waals surface area contributed by atoms with Gasteiger partial charge in [0.1, 0.15) is 6.04 Å². The zero-order chi connectivity index (χ0) is 11.7. The van der Waals surface area contributed by atoms with Crippen LogP contribution >= 0.6 is 11.6 Å². The summed E-state index contributed by atoms with van der Waals surface area (Å²) in [5.41, 5.74) is 0.781. The maximum atomic E-state index is 10.9. The fraction of sp³-hybridized carbons (Fsp3) is 0.300. The van der Waals surface area contributed by atoms with E-state index in [1.165, 1.54) is 12.4 Å². The van der Waals surface area contributed by atoms with E-state index in [1.807, 2.05) is 0 Å². The van der Waals surface area contributed by atoms with Crippen LogP contribution in [0.4, 0.5) is 5.69 Å². The molecule has 0 spiro atoms. The second-order valence-corrected chi connectivity index (χ2v) is 3.92. The zero-order valence-corrected chi connectivity index (χ0v) is 9.02. The number of anilines is 1. The molecule has 1 aromatic heterocycles. The maximum absolute atomic E-state index is 10.9. The van der Waals surface area contributed by atoms with Crippen LogP contribution in [0, 0.1) is 0 Å².